The molecule has 3 aromatic rings. The zero-order chi connectivity index (χ0) is 19.8. The number of nitrogens with one attached hydrogen (secondary N) is 1. The van der Waals surface area contributed by atoms with Crippen molar-refractivity contribution >= 4 is 23.3 Å². The third-order valence-corrected chi connectivity index (χ3v) is 4.40. The van der Waals surface area contributed by atoms with Gasteiger partial charge < -0.3 is 14.8 Å². The first kappa shape index (κ1) is 19.8. The molecule has 0 aromatic heterocycles. The summed E-state index contributed by atoms with van der Waals surface area (Å²) in [6.45, 7) is 2.15. The highest BCUT2D eigenvalue weighted by molar-refractivity contribution is 6.20. The number of halogens is 1. The van der Waals surface area contributed by atoms with E-state index in [9.17, 15) is 4.79 Å². The summed E-state index contributed by atoms with van der Waals surface area (Å²) >= 11 is 5.96. The second kappa shape index (κ2) is 9.81. The maximum absolute atomic E-state index is 12.4. The van der Waals surface area contributed by atoms with E-state index in [1.54, 1.807) is 0 Å². The average molecular weight is 396 g/mol. The summed E-state index contributed by atoms with van der Waals surface area (Å²) in [4.78, 5) is 12.4. The van der Waals surface area contributed by atoms with Crippen molar-refractivity contribution in [3.8, 4) is 11.5 Å². The monoisotopic (exact) mass is 395 g/mol. The van der Waals surface area contributed by atoms with Crippen molar-refractivity contribution in [3.05, 3.63) is 90.0 Å². The standard InChI is InChI=1S/C23H22ClNO3/c1-17-10-12-19(13-11-17)25-22(15-24)23(26)27-16-18-6-5-9-21(14-18)28-20-7-3-2-4-8-20/h2-14,22,25H,15-16H2,1H3. The lowest BCUT2D eigenvalue weighted by Gasteiger charge is -2.16. The fourth-order valence-corrected chi connectivity index (χ4v) is 2.79. The van der Waals surface area contributed by atoms with Crippen molar-refractivity contribution in [2.45, 2.75) is 19.6 Å². The smallest absolute Gasteiger partial charge is 0.330 e. The van der Waals surface area contributed by atoms with Crippen LogP contribution in [-0.2, 0) is 16.1 Å². The molecule has 4 nitrogen and oxygen atoms in total. The Labute approximate surface area is 170 Å². The van der Waals surface area contributed by atoms with Crippen LogP contribution in [0.5, 0.6) is 11.5 Å². The van der Waals surface area contributed by atoms with Gasteiger partial charge in [0.2, 0.25) is 0 Å². The van der Waals surface area contributed by atoms with E-state index in [-0.39, 0.29) is 12.5 Å². The maximum Gasteiger partial charge on any atom is 0.330 e. The minimum atomic E-state index is -0.617. The number of carbonyl (C=O) groups excluding carboxylic acids is 1. The van der Waals surface area contributed by atoms with Gasteiger partial charge in [-0.1, -0.05) is 48.0 Å². The molecular formula is C23H22ClNO3. The number of hydrogen-bond acceptors (Lipinski definition) is 4. The van der Waals surface area contributed by atoms with Crippen molar-refractivity contribution in [1.29, 1.82) is 0 Å². The summed E-state index contributed by atoms with van der Waals surface area (Å²) in [6, 6.07) is 24.1. The van der Waals surface area contributed by atoms with Gasteiger partial charge in [0.25, 0.3) is 0 Å². The minimum absolute atomic E-state index is 0.115. The first-order valence-electron chi connectivity index (χ1n) is 9.02. The van der Waals surface area contributed by atoms with Gasteiger partial charge in [-0.3, -0.25) is 0 Å². The van der Waals surface area contributed by atoms with Gasteiger partial charge in [0.1, 0.15) is 24.1 Å². The van der Waals surface area contributed by atoms with Crippen LogP contribution in [0, 0.1) is 6.92 Å². The van der Waals surface area contributed by atoms with E-state index >= 15 is 0 Å². The molecule has 0 bridgehead atoms. The Hall–Kier alpha value is -2.98. The van der Waals surface area contributed by atoms with E-state index in [2.05, 4.69) is 5.32 Å². The third-order valence-electron chi connectivity index (χ3n) is 4.09. The minimum Gasteiger partial charge on any atom is -0.459 e. The van der Waals surface area contributed by atoms with Crippen LogP contribution in [-0.4, -0.2) is 17.9 Å². The fourth-order valence-electron chi connectivity index (χ4n) is 2.59. The van der Waals surface area contributed by atoms with Gasteiger partial charge in [0.15, 0.2) is 0 Å². The van der Waals surface area contributed by atoms with Crippen molar-refractivity contribution in [3.63, 3.8) is 0 Å². The van der Waals surface area contributed by atoms with Gasteiger partial charge in [0, 0.05) is 5.69 Å². The molecule has 1 atom stereocenters. The fraction of sp³-hybridized carbons (Fsp3) is 0.174. The lowest BCUT2D eigenvalue weighted by atomic mass is 10.2. The molecule has 0 radical (unpaired) electrons. The molecule has 5 heteroatoms. The molecule has 1 N–H and O–H groups in total. The van der Waals surface area contributed by atoms with Crippen LogP contribution in [0.15, 0.2) is 78.9 Å². The molecule has 3 aromatic carbocycles. The van der Waals surface area contributed by atoms with E-state index in [4.69, 9.17) is 21.1 Å². The van der Waals surface area contributed by atoms with Gasteiger partial charge >= 0.3 is 5.97 Å². The zero-order valence-corrected chi connectivity index (χ0v) is 16.4. The SMILES string of the molecule is Cc1ccc(NC(CCl)C(=O)OCc2cccc(Oc3ccccc3)c2)cc1. The molecule has 0 spiro atoms. The van der Waals surface area contributed by atoms with Gasteiger partial charge in [-0.15, -0.1) is 11.6 Å². The summed E-state index contributed by atoms with van der Waals surface area (Å²) < 4.78 is 11.2. The average Bonchev–Trinajstić information content (AvgIpc) is 2.72. The van der Waals surface area contributed by atoms with Crippen LogP contribution in [0.4, 0.5) is 5.69 Å². The molecule has 0 aliphatic heterocycles. The molecule has 0 heterocycles. The molecule has 3 rings (SSSR count). The van der Waals surface area contributed by atoms with E-state index in [1.165, 1.54) is 0 Å². The summed E-state index contributed by atoms with van der Waals surface area (Å²) in [6.07, 6.45) is 0. The Morgan fingerprint density at radius 2 is 1.68 bits per heavy atom. The lowest BCUT2D eigenvalue weighted by molar-refractivity contribution is -0.145. The maximum atomic E-state index is 12.4. The highest BCUT2D eigenvalue weighted by atomic mass is 35.5. The number of hydrogen-bond donors (Lipinski definition) is 1. The Morgan fingerprint density at radius 1 is 0.964 bits per heavy atom. The quantitative estimate of drug-likeness (QED) is 0.401. The predicted molar refractivity (Wildman–Crippen MR) is 112 cm³/mol. The van der Waals surface area contributed by atoms with Crippen LogP contribution in [0.25, 0.3) is 0 Å². The number of esters is 1. The Kier molecular flexibility index (Phi) is 6.93. The van der Waals surface area contributed by atoms with Crippen LogP contribution >= 0.6 is 11.6 Å². The van der Waals surface area contributed by atoms with Gasteiger partial charge in [-0.25, -0.2) is 4.79 Å². The number of alkyl halides is 1. The van der Waals surface area contributed by atoms with Crippen LogP contribution in [0.2, 0.25) is 0 Å². The largest absolute Gasteiger partial charge is 0.459 e. The molecular weight excluding hydrogens is 374 g/mol. The zero-order valence-electron chi connectivity index (χ0n) is 15.6. The summed E-state index contributed by atoms with van der Waals surface area (Å²) in [5.41, 5.74) is 2.81. The number of aryl methyl sites for hydroxylation is 1. The second-order valence-electron chi connectivity index (χ2n) is 6.39. The molecule has 0 amide bonds. The molecule has 0 aliphatic carbocycles. The Morgan fingerprint density at radius 3 is 2.39 bits per heavy atom. The predicted octanol–water partition coefficient (Wildman–Crippen LogP) is 5.55. The molecule has 0 saturated carbocycles. The van der Waals surface area contributed by atoms with E-state index in [0.29, 0.717) is 5.75 Å². The van der Waals surface area contributed by atoms with E-state index in [0.717, 1.165) is 22.6 Å². The molecule has 0 fully saturated rings. The van der Waals surface area contributed by atoms with Gasteiger partial charge in [-0.2, -0.15) is 0 Å². The highest BCUT2D eigenvalue weighted by Crippen LogP contribution is 2.22. The van der Waals surface area contributed by atoms with Crippen LogP contribution < -0.4 is 10.1 Å². The van der Waals surface area contributed by atoms with Crippen molar-refractivity contribution in [1.82, 2.24) is 0 Å². The van der Waals surface area contributed by atoms with Gasteiger partial charge in [-0.05, 0) is 48.9 Å². The van der Waals surface area contributed by atoms with Crippen LogP contribution in [0.1, 0.15) is 11.1 Å². The normalized spacial score (nSPS) is 11.5. The molecule has 28 heavy (non-hydrogen) atoms. The Bertz CT molecular complexity index is 897. The number of anilines is 1. The molecule has 1 unspecified atom stereocenters. The molecule has 0 saturated heterocycles. The van der Waals surface area contributed by atoms with Crippen molar-refractivity contribution in [2.75, 3.05) is 11.2 Å². The van der Waals surface area contributed by atoms with Crippen molar-refractivity contribution in [2.24, 2.45) is 0 Å². The number of rotatable bonds is 8. The summed E-state index contributed by atoms with van der Waals surface area (Å²) in [7, 11) is 0. The van der Waals surface area contributed by atoms with E-state index in [1.807, 2.05) is 85.8 Å². The number of ether oxygens (including phenoxy) is 2. The summed E-state index contributed by atoms with van der Waals surface area (Å²) in [5.74, 6) is 1.15. The first-order chi connectivity index (χ1) is 13.6. The molecule has 144 valence electrons. The number of carbonyl (C=O) groups is 1. The van der Waals surface area contributed by atoms with Gasteiger partial charge in [0.05, 0.1) is 5.88 Å². The second-order valence-corrected chi connectivity index (χ2v) is 6.70. The van der Waals surface area contributed by atoms with Crippen LogP contribution in [0.3, 0.4) is 0 Å². The Balaban J connectivity index is 1.57. The third kappa shape index (κ3) is 5.76. The van der Waals surface area contributed by atoms with Crippen molar-refractivity contribution < 1.29 is 14.3 Å². The first-order valence-corrected chi connectivity index (χ1v) is 9.55. The van der Waals surface area contributed by atoms with E-state index < -0.39 is 12.0 Å². The number of para-hydroxylation sites is 1. The molecule has 0 aliphatic rings. The lowest BCUT2D eigenvalue weighted by Crippen LogP contribution is -2.32. The highest BCUT2D eigenvalue weighted by Gasteiger charge is 2.19. The summed E-state index contributed by atoms with van der Waals surface area (Å²) in [5, 5.41) is 3.10. The number of benzene rings is 3. The topological polar surface area (TPSA) is 47.6 Å².